The van der Waals surface area contributed by atoms with E-state index in [4.69, 9.17) is 5.73 Å². The highest BCUT2D eigenvalue weighted by Crippen LogP contribution is 2.47. The molecule has 1 unspecified atom stereocenters. The van der Waals surface area contributed by atoms with Crippen molar-refractivity contribution in [2.24, 2.45) is 17.1 Å². The van der Waals surface area contributed by atoms with Gasteiger partial charge in [0.2, 0.25) is 0 Å². The van der Waals surface area contributed by atoms with Gasteiger partial charge in [0.25, 0.3) is 0 Å². The van der Waals surface area contributed by atoms with Gasteiger partial charge in [-0.3, -0.25) is 0 Å². The van der Waals surface area contributed by atoms with Crippen molar-refractivity contribution in [1.29, 1.82) is 0 Å². The summed E-state index contributed by atoms with van der Waals surface area (Å²) in [5, 5.41) is 11.2. The molecule has 3 N–H and O–H groups in total. The molecule has 1 aromatic rings. The summed E-state index contributed by atoms with van der Waals surface area (Å²) in [7, 11) is 0. The van der Waals surface area contributed by atoms with E-state index in [2.05, 4.69) is 19.1 Å². The van der Waals surface area contributed by atoms with E-state index in [0.717, 1.165) is 18.8 Å². The standard InChI is InChI=1S/C19H31NO/c1-3-7-16-10-12-19(15-20,13-11-16)18(2,21)14-17-8-5-4-6-9-17/h4-6,8-9,16,21H,3,7,10-15,20H2,1-2H3. The fraction of sp³-hybridized carbons (Fsp3) is 0.684. The molecule has 118 valence electrons. The number of hydrogen-bond acceptors (Lipinski definition) is 2. The quantitative estimate of drug-likeness (QED) is 0.834. The highest BCUT2D eigenvalue weighted by Gasteiger charge is 2.47. The van der Waals surface area contributed by atoms with Crippen molar-refractivity contribution < 1.29 is 5.11 Å². The van der Waals surface area contributed by atoms with Crippen molar-refractivity contribution in [3.8, 4) is 0 Å². The summed E-state index contributed by atoms with van der Waals surface area (Å²) in [5.74, 6) is 0.835. The lowest BCUT2D eigenvalue weighted by Crippen LogP contribution is -2.53. The van der Waals surface area contributed by atoms with Gasteiger partial charge in [0.1, 0.15) is 0 Å². The third kappa shape index (κ3) is 3.67. The fourth-order valence-electron chi connectivity index (χ4n) is 4.07. The molecule has 2 heteroatoms. The summed E-state index contributed by atoms with van der Waals surface area (Å²) in [4.78, 5) is 0. The molecule has 0 heterocycles. The SMILES string of the molecule is CCCC1CCC(CN)(C(C)(O)Cc2ccccc2)CC1. The average Bonchev–Trinajstić information content (AvgIpc) is 2.49. The molecule has 0 amide bonds. The Morgan fingerprint density at radius 3 is 2.38 bits per heavy atom. The van der Waals surface area contributed by atoms with Crippen LogP contribution in [0.3, 0.4) is 0 Å². The Labute approximate surface area is 129 Å². The van der Waals surface area contributed by atoms with E-state index in [1.165, 1.54) is 31.2 Å². The van der Waals surface area contributed by atoms with Crippen molar-refractivity contribution in [3.63, 3.8) is 0 Å². The summed E-state index contributed by atoms with van der Waals surface area (Å²) in [6, 6.07) is 10.3. The number of benzene rings is 1. The van der Waals surface area contributed by atoms with Gasteiger partial charge in [-0.25, -0.2) is 0 Å². The lowest BCUT2D eigenvalue weighted by molar-refractivity contribution is -0.0915. The summed E-state index contributed by atoms with van der Waals surface area (Å²) in [6.07, 6.45) is 7.85. The van der Waals surface area contributed by atoms with Gasteiger partial charge in [0.05, 0.1) is 5.60 Å². The first-order valence-electron chi connectivity index (χ1n) is 8.49. The Balaban J connectivity index is 2.08. The van der Waals surface area contributed by atoms with Crippen LogP contribution < -0.4 is 5.73 Å². The number of rotatable bonds is 6. The van der Waals surface area contributed by atoms with Crippen LogP contribution in [0.1, 0.15) is 57.9 Å². The molecule has 0 bridgehead atoms. The van der Waals surface area contributed by atoms with Crippen molar-refractivity contribution in [1.82, 2.24) is 0 Å². The van der Waals surface area contributed by atoms with Crippen LogP contribution in [0, 0.1) is 11.3 Å². The van der Waals surface area contributed by atoms with Crippen LogP contribution in [0.5, 0.6) is 0 Å². The van der Waals surface area contributed by atoms with Gasteiger partial charge in [-0.15, -0.1) is 0 Å². The highest BCUT2D eigenvalue weighted by molar-refractivity contribution is 5.18. The molecule has 1 atom stereocenters. The second-order valence-electron chi connectivity index (χ2n) is 7.15. The molecular formula is C19H31NO. The summed E-state index contributed by atoms with van der Waals surface area (Å²) < 4.78 is 0. The van der Waals surface area contributed by atoms with E-state index >= 15 is 0 Å². The first-order chi connectivity index (χ1) is 10.0. The Morgan fingerprint density at radius 2 is 1.86 bits per heavy atom. The van der Waals surface area contributed by atoms with E-state index in [-0.39, 0.29) is 5.41 Å². The monoisotopic (exact) mass is 289 g/mol. The van der Waals surface area contributed by atoms with Crippen LogP contribution in [0.4, 0.5) is 0 Å². The molecule has 1 fully saturated rings. The predicted octanol–water partition coefficient (Wildman–Crippen LogP) is 3.92. The molecule has 1 aromatic carbocycles. The molecule has 1 saturated carbocycles. The zero-order valence-corrected chi connectivity index (χ0v) is 13.6. The van der Waals surface area contributed by atoms with Crippen LogP contribution >= 0.6 is 0 Å². The Kier molecular flexibility index (Phi) is 5.45. The van der Waals surface area contributed by atoms with Gasteiger partial charge in [0, 0.05) is 18.4 Å². The van der Waals surface area contributed by atoms with E-state index < -0.39 is 5.60 Å². The van der Waals surface area contributed by atoms with Crippen LogP contribution in [0.2, 0.25) is 0 Å². The molecule has 0 saturated heterocycles. The lowest BCUT2D eigenvalue weighted by Gasteiger charge is -2.49. The van der Waals surface area contributed by atoms with Gasteiger partial charge < -0.3 is 10.8 Å². The molecule has 0 radical (unpaired) electrons. The summed E-state index contributed by atoms with van der Waals surface area (Å²) in [6.45, 7) is 4.84. The molecule has 2 rings (SSSR count). The van der Waals surface area contributed by atoms with E-state index in [9.17, 15) is 5.11 Å². The van der Waals surface area contributed by atoms with Crippen LogP contribution in [-0.4, -0.2) is 17.3 Å². The van der Waals surface area contributed by atoms with Gasteiger partial charge in [-0.1, -0.05) is 50.1 Å². The van der Waals surface area contributed by atoms with Gasteiger partial charge in [-0.2, -0.15) is 0 Å². The van der Waals surface area contributed by atoms with Crippen LogP contribution in [-0.2, 0) is 6.42 Å². The minimum absolute atomic E-state index is 0.118. The molecule has 21 heavy (non-hydrogen) atoms. The van der Waals surface area contributed by atoms with E-state index in [1.807, 2.05) is 25.1 Å². The first-order valence-corrected chi connectivity index (χ1v) is 8.49. The average molecular weight is 289 g/mol. The predicted molar refractivity (Wildman–Crippen MR) is 89.1 cm³/mol. The maximum atomic E-state index is 11.2. The zero-order valence-electron chi connectivity index (χ0n) is 13.6. The molecular weight excluding hydrogens is 258 g/mol. The number of aliphatic hydroxyl groups is 1. The topological polar surface area (TPSA) is 46.2 Å². The third-order valence-corrected chi connectivity index (χ3v) is 5.68. The fourth-order valence-corrected chi connectivity index (χ4v) is 4.07. The van der Waals surface area contributed by atoms with E-state index in [1.54, 1.807) is 0 Å². The summed E-state index contributed by atoms with van der Waals surface area (Å²) >= 11 is 0. The Morgan fingerprint density at radius 1 is 1.24 bits per heavy atom. The molecule has 1 aliphatic carbocycles. The minimum atomic E-state index is -0.722. The van der Waals surface area contributed by atoms with E-state index in [0.29, 0.717) is 13.0 Å². The lowest BCUT2D eigenvalue weighted by atomic mass is 9.60. The summed E-state index contributed by atoms with van der Waals surface area (Å²) in [5.41, 5.74) is 6.50. The van der Waals surface area contributed by atoms with Gasteiger partial charge in [-0.05, 0) is 44.1 Å². The maximum Gasteiger partial charge on any atom is 0.0727 e. The Bertz CT molecular complexity index is 418. The van der Waals surface area contributed by atoms with Crippen molar-refractivity contribution in [2.75, 3.05) is 6.54 Å². The highest BCUT2D eigenvalue weighted by atomic mass is 16.3. The minimum Gasteiger partial charge on any atom is -0.389 e. The van der Waals surface area contributed by atoms with Crippen LogP contribution in [0.15, 0.2) is 30.3 Å². The normalized spacial score (nSPS) is 29.0. The smallest absolute Gasteiger partial charge is 0.0727 e. The second-order valence-corrected chi connectivity index (χ2v) is 7.15. The molecule has 0 spiro atoms. The zero-order chi connectivity index (χ0) is 15.3. The van der Waals surface area contributed by atoms with Gasteiger partial charge in [0.15, 0.2) is 0 Å². The van der Waals surface area contributed by atoms with Crippen molar-refractivity contribution in [3.05, 3.63) is 35.9 Å². The Hall–Kier alpha value is -0.860. The van der Waals surface area contributed by atoms with Crippen molar-refractivity contribution >= 4 is 0 Å². The molecule has 2 nitrogen and oxygen atoms in total. The first kappa shape index (κ1) is 16.5. The number of nitrogens with two attached hydrogens (primary N) is 1. The molecule has 0 aromatic heterocycles. The molecule has 0 aliphatic heterocycles. The molecule has 1 aliphatic rings. The van der Waals surface area contributed by atoms with Gasteiger partial charge >= 0.3 is 0 Å². The van der Waals surface area contributed by atoms with Crippen LogP contribution in [0.25, 0.3) is 0 Å². The third-order valence-electron chi connectivity index (χ3n) is 5.68. The number of hydrogen-bond donors (Lipinski definition) is 2. The maximum absolute atomic E-state index is 11.2. The largest absolute Gasteiger partial charge is 0.389 e. The second kappa shape index (κ2) is 6.93. The van der Waals surface area contributed by atoms with Crippen molar-refractivity contribution in [2.45, 2.75) is 64.4 Å².